The van der Waals surface area contributed by atoms with E-state index in [1.54, 1.807) is 0 Å². The van der Waals surface area contributed by atoms with Gasteiger partial charge < -0.3 is 5.32 Å². The first-order valence-electron chi connectivity index (χ1n) is 8.95. The van der Waals surface area contributed by atoms with Gasteiger partial charge in [-0.3, -0.25) is 9.69 Å². The predicted octanol–water partition coefficient (Wildman–Crippen LogP) is 4.50. The first-order valence-corrected chi connectivity index (χ1v) is 9.32. The number of rotatable bonds is 5. The number of benzene rings is 2. The largest absolute Gasteiger partial charge is 0.348 e. The van der Waals surface area contributed by atoms with Gasteiger partial charge in [-0.1, -0.05) is 48.9 Å². The van der Waals surface area contributed by atoms with E-state index in [1.165, 1.54) is 31.5 Å². The Bertz CT molecular complexity index is 706. The normalized spacial score (nSPS) is 15.9. The molecule has 0 atom stereocenters. The molecule has 1 heterocycles. The zero-order valence-corrected chi connectivity index (χ0v) is 15.4. The number of likely N-dealkylation sites (tertiary alicyclic amines) is 1. The van der Waals surface area contributed by atoms with Gasteiger partial charge in [-0.2, -0.15) is 0 Å². The maximum Gasteiger partial charge on any atom is 0.251 e. The minimum Gasteiger partial charge on any atom is -0.348 e. The van der Waals surface area contributed by atoms with Gasteiger partial charge >= 0.3 is 0 Å². The van der Waals surface area contributed by atoms with Crippen LogP contribution < -0.4 is 5.32 Å². The summed E-state index contributed by atoms with van der Waals surface area (Å²) >= 11 is 6.12. The Labute approximate surface area is 155 Å². The molecule has 2 aromatic rings. The van der Waals surface area contributed by atoms with E-state index < -0.39 is 0 Å². The first-order chi connectivity index (χ1) is 12.1. The van der Waals surface area contributed by atoms with Gasteiger partial charge in [-0.05, 0) is 61.2 Å². The summed E-state index contributed by atoms with van der Waals surface area (Å²) in [4.78, 5) is 14.8. The van der Waals surface area contributed by atoms with Crippen LogP contribution in [0.2, 0.25) is 5.02 Å². The van der Waals surface area contributed by atoms with Crippen molar-refractivity contribution in [2.24, 2.45) is 5.92 Å². The van der Waals surface area contributed by atoms with E-state index >= 15 is 0 Å². The van der Waals surface area contributed by atoms with Crippen molar-refractivity contribution in [1.82, 2.24) is 10.2 Å². The van der Waals surface area contributed by atoms with Crippen molar-refractivity contribution in [3.05, 3.63) is 70.2 Å². The van der Waals surface area contributed by atoms with Crippen LogP contribution in [0.1, 0.15) is 41.3 Å². The molecule has 1 saturated heterocycles. The minimum absolute atomic E-state index is 0.0710. The van der Waals surface area contributed by atoms with Gasteiger partial charge in [-0.15, -0.1) is 0 Å². The third-order valence-corrected chi connectivity index (χ3v) is 5.26. The molecule has 0 aliphatic carbocycles. The number of nitrogens with one attached hydrogen (secondary N) is 1. The first kappa shape index (κ1) is 18.0. The van der Waals surface area contributed by atoms with Crippen LogP contribution in [-0.2, 0) is 13.1 Å². The van der Waals surface area contributed by atoms with Gasteiger partial charge in [0.25, 0.3) is 5.91 Å². The van der Waals surface area contributed by atoms with Gasteiger partial charge in [0.1, 0.15) is 0 Å². The summed E-state index contributed by atoms with van der Waals surface area (Å²) in [6.07, 6.45) is 2.56. The van der Waals surface area contributed by atoms with Crippen LogP contribution >= 0.6 is 11.6 Å². The molecule has 1 N–H and O–H groups in total. The molecule has 1 amide bonds. The quantitative estimate of drug-likeness (QED) is 0.855. The second kappa shape index (κ2) is 8.50. The van der Waals surface area contributed by atoms with E-state index in [4.69, 9.17) is 11.6 Å². The fourth-order valence-electron chi connectivity index (χ4n) is 3.16. The highest BCUT2D eigenvalue weighted by atomic mass is 35.5. The summed E-state index contributed by atoms with van der Waals surface area (Å²) in [5, 5.41) is 3.60. The smallest absolute Gasteiger partial charge is 0.251 e. The molecule has 1 aliphatic heterocycles. The van der Waals surface area contributed by atoms with E-state index in [2.05, 4.69) is 29.3 Å². The lowest BCUT2D eigenvalue weighted by atomic mass is 9.99. The molecular weight excluding hydrogens is 332 g/mol. The van der Waals surface area contributed by atoms with E-state index in [0.29, 0.717) is 17.1 Å². The summed E-state index contributed by atoms with van der Waals surface area (Å²) in [6, 6.07) is 15.5. The van der Waals surface area contributed by atoms with Crippen LogP contribution in [0, 0.1) is 5.92 Å². The van der Waals surface area contributed by atoms with Gasteiger partial charge in [-0.25, -0.2) is 0 Å². The number of halogens is 1. The molecule has 2 aromatic carbocycles. The van der Waals surface area contributed by atoms with E-state index in [9.17, 15) is 4.79 Å². The summed E-state index contributed by atoms with van der Waals surface area (Å²) in [5.74, 6) is 0.777. The zero-order valence-electron chi connectivity index (χ0n) is 14.7. The molecule has 0 bridgehead atoms. The van der Waals surface area contributed by atoms with Crippen LogP contribution in [0.25, 0.3) is 0 Å². The van der Waals surface area contributed by atoms with Crippen molar-refractivity contribution in [2.75, 3.05) is 13.1 Å². The molecule has 0 spiro atoms. The van der Waals surface area contributed by atoms with Crippen molar-refractivity contribution in [1.29, 1.82) is 0 Å². The van der Waals surface area contributed by atoms with Crippen molar-refractivity contribution in [2.45, 2.75) is 32.9 Å². The number of hydrogen-bond donors (Lipinski definition) is 1. The lowest BCUT2D eigenvalue weighted by molar-refractivity contribution is 0.0951. The number of piperidine rings is 1. The lowest BCUT2D eigenvalue weighted by Crippen LogP contribution is -2.32. The van der Waals surface area contributed by atoms with E-state index in [0.717, 1.165) is 18.0 Å². The highest BCUT2D eigenvalue weighted by Crippen LogP contribution is 2.18. The van der Waals surface area contributed by atoms with Crippen molar-refractivity contribution < 1.29 is 4.79 Å². The monoisotopic (exact) mass is 356 g/mol. The average Bonchev–Trinajstić information content (AvgIpc) is 2.63. The van der Waals surface area contributed by atoms with Crippen LogP contribution in [-0.4, -0.2) is 23.9 Å². The van der Waals surface area contributed by atoms with Crippen LogP contribution in [0.15, 0.2) is 48.5 Å². The summed E-state index contributed by atoms with van der Waals surface area (Å²) < 4.78 is 0. The van der Waals surface area contributed by atoms with Gasteiger partial charge in [0.2, 0.25) is 0 Å². The molecule has 4 heteroatoms. The molecule has 0 radical (unpaired) electrons. The number of amides is 1. The Balaban J connectivity index is 1.53. The molecule has 0 unspecified atom stereocenters. The zero-order chi connectivity index (χ0) is 17.6. The van der Waals surface area contributed by atoms with E-state index in [-0.39, 0.29) is 5.91 Å². The number of hydrogen-bond acceptors (Lipinski definition) is 2. The Morgan fingerprint density at radius 2 is 1.80 bits per heavy atom. The van der Waals surface area contributed by atoms with Crippen LogP contribution in [0.4, 0.5) is 0 Å². The lowest BCUT2D eigenvalue weighted by Gasteiger charge is -2.30. The van der Waals surface area contributed by atoms with Crippen molar-refractivity contribution >= 4 is 17.5 Å². The van der Waals surface area contributed by atoms with Crippen LogP contribution in [0.3, 0.4) is 0 Å². The van der Waals surface area contributed by atoms with Crippen molar-refractivity contribution in [3.63, 3.8) is 0 Å². The van der Waals surface area contributed by atoms with E-state index in [1.807, 2.05) is 36.4 Å². The second-order valence-corrected chi connectivity index (χ2v) is 7.34. The summed E-state index contributed by atoms with van der Waals surface area (Å²) in [6.45, 7) is 6.07. The third kappa shape index (κ3) is 5.07. The minimum atomic E-state index is -0.0710. The Kier molecular flexibility index (Phi) is 6.11. The third-order valence-electron chi connectivity index (χ3n) is 4.90. The van der Waals surface area contributed by atoms with Crippen LogP contribution in [0.5, 0.6) is 0 Å². The fraction of sp³-hybridized carbons (Fsp3) is 0.381. The number of nitrogens with zero attached hydrogens (tertiary/aromatic N) is 1. The molecule has 132 valence electrons. The summed E-state index contributed by atoms with van der Waals surface area (Å²) in [5.41, 5.74) is 2.87. The highest BCUT2D eigenvalue weighted by Gasteiger charge is 2.15. The molecule has 0 aromatic heterocycles. The second-order valence-electron chi connectivity index (χ2n) is 6.93. The maximum atomic E-state index is 12.3. The fourth-order valence-corrected chi connectivity index (χ4v) is 3.36. The number of carbonyl (C=O) groups excluding carboxylic acids is 1. The Morgan fingerprint density at radius 1 is 1.12 bits per heavy atom. The van der Waals surface area contributed by atoms with Gasteiger partial charge in [0, 0.05) is 23.7 Å². The highest BCUT2D eigenvalue weighted by molar-refractivity contribution is 6.31. The summed E-state index contributed by atoms with van der Waals surface area (Å²) in [7, 11) is 0. The van der Waals surface area contributed by atoms with Gasteiger partial charge in [0.15, 0.2) is 0 Å². The molecule has 3 nitrogen and oxygen atoms in total. The standard InChI is InChI=1S/C21H25ClN2O/c1-16-10-12-24(13-11-16)15-17-6-8-18(9-7-17)21(25)23-14-19-4-2-3-5-20(19)22/h2-9,16H,10-15H2,1H3,(H,23,25). The predicted molar refractivity (Wildman–Crippen MR) is 103 cm³/mol. The van der Waals surface area contributed by atoms with Crippen molar-refractivity contribution in [3.8, 4) is 0 Å². The van der Waals surface area contributed by atoms with Gasteiger partial charge in [0.05, 0.1) is 0 Å². The maximum absolute atomic E-state index is 12.3. The SMILES string of the molecule is CC1CCN(Cc2ccc(C(=O)NCc3ccccc3Cl)cc2)CC1. The molecule has 3 rings (SSSR count). The molecule has 25 heavy (non-hydrogen) atoms. The Hall–Kier alpha value is -1.84. The topological polar surface area (TPSA) is 32.3 Å². The molecule has 0 saturated carbocycles. The molecule has 1 aliphatic rings. The average molecular weight is 357 g/mol. The number of carbonyl (C=O) groups is 1. The molecular formula is C21H25ClN2O. The Morgan fingerprint density at radius 3 is 2.48 bits per heavy atom. The molecule has 1 fully saturated rings.